The van der Waals surface area contributed by atoms with Crippen LogP contribution in [0.5, 0.6) is 0 Å². The minimum atomic E-state index is -4.64. The van der Waals surface area contributed by atoms with Crippen molar-refractivity contribution in [3.63, 3.8) is 0 Å². The number of hydrogen-bond donors (Lipinski definition) is 11. The number of aliphatic hydroxyl groups is 2. The number of nitrogens with zero attached hydrogens (tertiary/aromatic N) is 1. The third kappa shape index (κ3) is 15.0. The number of fused-ring (bicyclic) bond motifs is 1. The fourth-order valence-electron chi connectivity index (χ4n) is 2.77. The maximum Gasteiger partial charge on any atom is 0.466 e. The zero-order chi connectivity index (χ0) is 27.1. The third-order valence-electron chi connectivity index (χ3n) is 3.91. The summed E-state index contributed by atoms with van der Waals surface area (Å²) in [6.45, 7) is 2.19. The molecule has 4 unspecified atom stereocenters. The summed E-state index contributed by atoms with van der Waals surface area (Å²) < 4.78 is 32.2. The van der Waals surface area contributed by atoms with E-state index in [1.165, 1.54) is 4.90 Å². The van der Waals surface area contributed by atoms with Crippen LogP contribution in [0.2, 0.25) is 0 Å². The highest BCUT2D eigenvalue weighted by Crippen LogP contribution is 2.29. The molecule has 1 aromatic rings. The second-order valence-electron chi connectivity index (χ2n) is 6.66. The first-order valence-corrected chi connectivity index (χ1v) is 13.5. The zero-order valence-electron chi connectivity index (χ0n) is 17.3. The number of phosphoric acid groups is 3. The molecule has 2 aliphatic rings. The Morgan fingerprint density at radius 1 is 0.824 bits per heavy atom. The Balaban J connectivity index is 0.000000599. The molecule has 2 aliphatic heterocycles. The Labute approximate surface area is 192 Å². The molecule has 34 heavy (non-hydrogen) atoms. The fourth-order valence-corrected chi connectivity index (χ4v) is 2.77. The lowest BCUT2D eigenvalue weighted by atomic mass is 9.98. The average molecular weight is 557 g/mol. The van der Waals surface area contributed by atoms with Gasteiger partial charge in [-0.15, -0.1) is 0 Å². The van der Waals surface area contributed by atoms with Gasteiger partial charge in [0.05, 0.1) is 6.10 Å². The number of aliphatic hydroxyl groups excluding tert-OH is 2. The van der Waals surface area contributed by atoms with Gasteiger partial charge >= 0.3 is 23.5 Å². The van der Waals surface area contributed by atoms with E-state index in [9.17, 15) is 15.0 Å². The quantitative estimate of drug-likeness (QED) is 0.157. The molecule has 3 rings (SSSR count). The SMILES string of the molecule is CC1OC(N2CCc3ccccc3C2=O)C(O)C1O.O=P(O)(O)O.O=P(O)(O)O.O=P(O)(O)O. The molecule has 1 aromatic carbocycles. The summed E-state index contributed by atoms with van der Waals surface area (Å²) in [5.41, 5.74) is 1.67. The highest BCUT2D eigenvalue weighted by molar-refractivity contribution is 7.45. The third-order valence-corrected chi connectivity index (χ3v) is 3.91. The van der Waals surface area contributed by atoms with Crippen molar-refractivity contribution >= 4 is 29.4 Å². The van der Waals surface area contributed by atoms with Gasteiger partial charge in [0.15, 0.2) is 6.23 Å². The van der Waals surface area contributed by atoms with E-state index in [2.05, 4.69) is 0 Å². The molecule has 0 aromatic heterocycles. The van der Waals surface area contributed by atoms with E-state index in [1.807, 2.05) is 18.2 Å². The summed E-state index contributed by atoms with van der Waals surface area (Å²) in [6.07, 6.45) is -2.49. The number of rotatable bonds is 1. The lowest BCUT2D eigenvalue weighted by Crippen LogP contribution is -2.50. The summed E-state index contributed by atoms with van der Waals surface area (Å²) in [7, 11) is -13.9. The Hall–Kier alpha value is -1.10. The van der Waals surface area contributed by atoms with Crippen LogP contribution in [0.15, 0.2) is 24.3 Å². The maximum atomic E-state index is 12.4. The first-order chi connectivity index (χ1) is 15.1. The molecule has 1 amide bonds. The number of amides is 1. The average Bonchev–Trinajstić information content (AvgIpc) is 2.85. The van der Waals surface area contributed by atoms with Gasteiger partial charge in [0.2, 0.25) is 0 Å². The first-order valence-electron chi connectivity index (χ1n) is 8.85. The van der Waals surface area contributed by atoms with Crippen LogP contribution < -0.4 is 0 Å². The molecule has 2 heterocycles. The smallest absolute Gasteiger partial charge is 0.388 e. The molecule has 0 saturated carbocycles. The predicted molar refractivity (Wildman–Crippen MR) is 110 cm³/mol. The Kier molecular flexibility index (Phi) is 12.8. The van der Waals surface area contributed by atoms with Crippen molar-refractivity contribution in [3.05, 3.63) is 35.4 Å². The lowest BCUT2D eigenvalue weighted by Gasteiger charge is -2.34. The number of carbonyl (C=O) groups is 1. The second-order valence-corrected chi connectivity index (χ2v) is 9.74. The van der Waals surface area contributed by atoms with Crippen molar-refractivity contribution < 1.29 is 77.5 Å². The second kappa shape index (κ2) is 13.3. The topological polar surface area (TPSA) is 303 Å². The number of ether oxygens (including phenoxy) is 1. The van der Waals surface area contributed by atoms with Crippen molar-refractivity contribution in [1.82, 2.24) is 4.90 Å². The van der Waals surface area contributed by atoms with E-state index in [-0.39, 0.29) is 5.91 Å². The Bertz CT molecular complexity index is 868. The van der Waals surface area contributed by atoms with E-state index in [0.717, 1.165) is 12.0 Å². The van der Waals surface area contributed by atoms with Crippen LogP contribution in [0.25, 0.3) is 0 Å². The van der Waals surface area contributed by atoms with Gasteiger partial charge in [-0.2, -0.15) is 0 Å². The maximum absolute atomic E-state index is 12.4. The van der Waals surface area contributed by atoms with Crippen LogP contribution in [0, 0.1) is 0 Å². The minimum Gasteiger partial charge on any atom is -0.388 e. The highest BCUT2D eigenvalue weighted by Gasteiger charge is 2.45. The summed E-state index contributed by atoms with van der Waals surface area (Å²) in [6, 6.07) is 7.46. The van der Waals surface area contributed by atoms with Gasteiger partial charge in [-0.05, 0) is 25.0 Å². The molecule has 1 fully saturated rings. The number of benzene rings is 1. The van der Waals surface area contributed by atoms with Crippen LogP contribution >= 0.6 is 23.5 Å². The van der Waals surface area contributed by atoms with Crippen LogP contribution in [0.3, 0.4) is 0 Å². The van der Waals surface area contributed by atoms with Crippen molar-refractivity contribution in [2.45, 2.75) is 37.9 Å². The monoisotopic (exact) mass is 557 g/mol. The van der Waals surface area contributed by atoms with E-state index in [0.29, 0.717) is 12.1 Å². The Morgan fingerprint density at radius 3 is 1.62 bits per heavy atom. The summed E-state index contributed by atoms with van der Waals surface area (Å²) in [5.74, 6) is -0.146. The Morgan fingerprint density at radius 2 is 1.24 bits per heavy atom. The van der Waals surface area contributed by atoms with Gasteiger partial charge < -0.3 is 63.9 Å². The largest absolute Gasteiger partial charge is 0.466 e. The molecule has 20 heteroatoms. The molecular formula is C14H26NO16P3. The van der Waals surface area contributed by atoms with Crippen LogP contribution in [0.4, 0.5) is 0 Å². The van der Waals surface area contributed by atoms with Gasteiger partial charge in [-0.3, -0.25) is 4.79 Å². The molecule has 1 saturated heterocycles. The standard InChI is InChI=1S/C14H17NO4.3H3O4P/c1-8-11(16)12(17)14(19-8)15-7-6-9-4-2-3-5-10(9)13(15)18;3*1-5(2,3)4/h2-5,8,11-12,14,16-17H,6-7H2,1H3;3*(H3,1,2,3,4). The lowest BCUT2D eigenvalue weighted by molar-refractivity contribution is -0.0720. The minimum absolute atomic E-state index is 0.146. The van der Waals surface area contributed by atoms with Crippen molar-refractivity contribution in [3.8, 4) is 0 Å². The van der Waals surface area contributed by atoms with Gasteiger partial charge in [-0.1, -0.05) is 18.2 Å². The molecule has 17 nitrogen and oxygen atoms in total. The molecule has 0 radical (unpaired) electrons. The van der Waals surface area contributed by atoms with Gasteiger partial charge in [0.1, 0.15) is 12.2 Å². The predicted octanol–water partition coefficient (Wildman–Crippen LogP) is -2.63. The zero-order valence-corrected chi connectivity index (χ0v) is 20.0. The van der Waals surface area contributed by atoms with Crippen LogP contribution in [-0.4, -0.2) is 96.1 Å². The summed E-state index contributed by atoms with van der Waals surface area (Å²) >= 11 is 0. The molecule has 4 atom stereocenters. The highest BCUT2D eigenvalue weighted by atomic mass is 31.2. The summed E-state index contributed by atoms with van der Waals surface area (Å²) in [5, 5.41) is 19.7. The van der Waals surface area contributed by atoms with E-state index >= 15 is 0 Å². The van der Waals surface area contributed by atoms with Crippen LogP contribution in [0.1, 0.15) is 22.8 Å². The first kappa shape index (κ1) is 32.9. The fraction of sp³-hybridized carbons (Fsp3) is 0.500. The summed E-state index contributed by atoms with van der Waals surface area (Å²) in [4.78, 5) is 78.6. The molecular weight excluding hydrogens is 531 g/mol. The molecule has 0 bridgehead atoms. The molecule has 11 N–H and O–H groups in total. The van der Waals surface area contributed by atoms with Gasteiger partial charge in [0, 0.05) is 12.1 Å². The number of carbonyl (C=O) groups excluding carboxylic acids is 1. The molecule has 0 aliphatic carbocycles. The van der Waals surface area contributed by atoms with E-state index in [4.69, 9.17) is 62.5 Å². The van der Waals surface area contributed by atoms with E-state index < -0.39 is 48.0 Å². The number of hydrogen-bond acceptors (Lipinski definition) is 7. The van der Waals surface area contributed by atoms with E-state index in [1.54, 1.807) is 13.0 Å². The van der Waals surface area contributed by atoms with Crippen molar-refractivity contribution in [2.75, 3.05) is 6.54 Å². The van der Waals surface area contributed by atoms with Crippen LogP contribution in [-0.2, 0) is 24.9 Å². The molecule has 198 valence electrons. The van der Waals surface area contributed by atoms with Crippen molar-refractivity contribution in [1.29, 1.82) is 0 Å². The van der Waals surface area contributed by atoms with Gasteiger partial charge in [0.25, 0.3) is 5.91 Å². The van der Waals surface area contributed by atoms with Crippen molar-refractivity contribution in [2.24, 2.45) is 0 Å². The normalized spacial score (nSPS) is 24.5. The molecule has 0 spiro atoms. The van der Waals surface area contributed by atoms with Gasteiger partial charge in [-0.25, -0.2) is 13.7 Å².